The van der Waals surface area contributed by atoms with Gasteiger partial charge < -0.3 is 29.4 Å². The van der Waals surface area contributed by atoms with E-state index in [1.54, 1.807) is 30.3 Å². The van der Waals surface area contributed by atoms with E-state index in [4.69, 9.17) is 14.3 Å². The maximum Gasteiger partial charge on any atom is 0.347 e. The Morgan fingerprint density at radius 3 is 2.31 bits per heavy atom. The van der Waals surface area contributed by atoms with Crippen molar-refractivity contribution in [1.82, 2.24) is 5.32 Å². The van der Waals surface area contributed by atoms with Gasteiger partial charge in [-0.2, -0.15) is 0 Å². The quantitative estimate of drug-likeness (QED) is 0.258. The molecule has 1 amide bonds. The molecule has 2 aliphatic heterocycles. The maximum atomic E-state index is 13.4. The molecule has 1 unspecified atom stereocenters. The molecule has 0 saturated carbocycles. The van der Waals surface area contributed by atoms with Crippen molar-refractivity contribution in [2.75, 3.05) is 44.1 Å². The molecule has 42 heavy (non-hydrogen) atoms. The minimum absolute atomic E-state index is 0.234. The normalized spacial score (nSPS) is 16.4. The number of rotatable bonds is 6. The predicted octanol–water partition coefficient (Wildman–Crippen LogP) is 4.55. The van der Waals surface area contributed by atoms with Crippen molar-refractivity contribution in [2.24, 2.45) is 0 Å². The topological polar surface area (TPSA) is 112 Å². The van der Waals surface area contributed by atoms with E-state index in [9.17, 15) is 14.4 Å². The molecule has 2 N–H and O–H groups in total. The second-order valence-corrected chi connectivity index (χ2v) is 10.2. The molecule has 216 valence electrons. The minimum Gasteiger partial charge on any atom is -0.456 e. The third-order valence-corrected chi connectivity index (χ3v) is 7.75. The highest BCUT2D eigenvalue weighted by Gasteiger charge is 2.47. The van der Waals surface area contributed by atoms with Crippen LogP contribution in [0.25, 0.3) is 16.7 Å². The smallest absolute Gasteiger partial charge is 0.347 e. The Kier molecular flexibility index (Phi) is 7.62. The van der Waals surface area contributed by atoms with E-state index < -0.39 is 11.2 Å². The Morgan fingerprint density at radius 1 is 0.881 bits per heavy atom. The fourth-order valence-electron chi connectivity index (χ4n) is 5.61. The standard InChI is InChI=1S/C32H29N3O5.CH4O/c1-5-35(6-2)22-9-8-20-14-24(31(38)40-27(20)16-22)29-17-32(25-12-10-21(34(3)4)15-28(25)39-29)26-13-19(18-36)7-11-23(26)30(37)33-32;1-2/h7-18H,5-6H2,1-4H3,(H,33,37);2H,1H3. The summed E-state index contributed by atoms with van der Waals surface area (Å²) >= 11 is 0. The van der Waals surface area contributed by atoms with Gasteiger partial charge in [-0.1, -0.05) is 12.1 Å². The minimum atomic E-state index is -1.15. The molecule has 0 aliphatic carbocycles. The van der Waals surface area contributed by atoms with Gasteiger partial charge in [-0.25, -0.2) is 4.79 Å². The first-order valence-electron chi connectivity index (χ1n) is 13.7. The number of carbonyl (C=O) groups excluding carboxylic acids is 2. The van der Waals surface area contributed by atoms with Crippen LogP contribution >= 0.6 is 0 Å². The van der Waals surface area contributed by atoms with E-state index in [2.05, 4.69) is 24.1 Å². The van der Waals surface area contributed by atoms with Gasteiger partial charge in [-0.15, -0.1) is 0 Å². The van der Waals surface area contributed by atoms with Crippen LogP contribution in [0.5, 0.6) is 5.75 Å². The van der Waals surface area contributed by atoms with Gasteiger partial charge in [0.1, 0.15) is 34.5 Å². The van der Waals surface area contributed by atoms with Crippen molar-refractivity contribution in [1.29, 1.82) is 0 Å². The van der Waals surface area contributed by atoms with Gasteiger partial charge in [0.05, 0.1) is 0 Å². The Balaban J connectivity index is 0.00000173. The summed E-state index contributed by atoms with van der Waals surface area (Å²) in [7, 11) is 4.84. The zero-order valence-electron chi connectivity index (χ0n) is 24.2. The number of ether oxygens (including phenoxy) is 1. The molecule has 0 saturated heterocycles. The number of aldehydes is 1. The lowest BCUT2D eigenvalue weighted by molar-refractivity contribution is 0.0948. The van der Waals surface area contributed by atoms with Crippen LogP contribution in [0.3, 0.4) is 0 Å². The Labute approximate surface area is 243 Å². The highest BCUT2D eigenvalue weighted by atomic mass is 16.5. The summed E-state index contributed by atoms with van der Waals surface area (Å²) in [4.78, 5) is 42.4. The van der Waals surface area contributed by atoms with E-state index in [0.29, 0.717) is 33.6 Å². The number of nitrogens with zero attached hydrogens (tertiary/aromatic N) is 2. The van der Waals surface area contributed by atoms with Crippen LogP contribution in [0, 0.1) is 0 Å². The first-order chi connectivity index (χ1) is 20.3. The molecule has 0 fully saturated rings. The van der Waals surface area contributed by atoms with E-state index >= 15 is 0 Å². The monoisotopic (exact) mass is 567 g/mol. The van der Waals surface area contributed by atoms with Crippen LogP contribution in [0.1, 0.15) is 51.3 Å². The number of anilines is 2. The Hall–Kier alpha value is -4.89. The lowest BCUT2D eigenvalue weighted by atomic mass is 9.80. The molecular formula is C33H33N3O6. The summed E-state index contributed by atoms with van der Waals surface area (Å²) < 4.78 is 12.2. The van der Waals surface area contributed by atoms with Crippen molar-refractivity contribution in [3.63, 3.8) is 0 Å². The number of carbonyl (C=O) groups is 2. The zero-order chi connectivity index (χ0) is 30.2. The molecule has 0 bridgehead atoms. The van der Waals surface area contributed by atoms with Crippen LogP contribution in [0.4, 0.5) is 11.4 Å². The highest BCUT2D eigenvalue weighted by Crippen LogP contribution is 2.48. The molecular weight excluding hydrogens is 534 g/mol. The summed E-state index contributed by atoms with van der Waals surface area (Å²) in [6.07, 6.45) is 2.49. The van der Waals surface area contributed by atoms with Crippen molar-refractivity contribution < 1.29 is 23.8 Å². The van der Waals surface area contributed by atoms with Gasteiger partial charge >= 0.3 is 5.63 Å². The van der Waals surface area contributed by atoms with Crippen molar-refractivity contribution in [2.45, 2.75) is 19.4 Å². The second kappa shape index (κ2) is 11.2. The number of aliphatic hydroxyl groups excluding tert-OH is 1. The molecule has 1 atom stereocenters. The summed E-state index contributed by atoms with van der Waals surface area (Å²) in [5.74, 6) is 0.475. The van der Waals surface area contributed by atoms with Crippen molar-refractivity contribution in [3.8, 4) is 5.75 Å². The third kappa shape index (κ3) is 4.61. The van der Waals surface area contributed by atoms with E-state index in [0.717, 1.165) is 43.2 Å². The third-order valence-electron chi connectivity index (χ3n) is 7.75. The van der Waals surface area contributed by atoms with Gasteiger partial charge in [0.25, 0.3) is 5.91 Å². The number of hydrogen-bond donors (Lipinski definition) is 2. The first-order valence-corrected chi connectivity index (χ1v) is 13.7. The first kappa shape index (κ1) is 28.6. The van der Waals surface area contributed by atoms with Gasteiger partial charge in [0, 0.05) is 79.9 Å². The average Bonchev–Trinajstić information content (AvgIpc) is 3.28. The summed E-state index contributed by atoms with van der Waals surface area (Å²) in [6, 6.07) is 18.3. The summed E-state index contributed by atoms with van der Waals surface area (Å²) in [5.41, 5.74) is 3.10. The maximum absolute atomic E-state index is 13.4. The zero-order valence-corrected chi connectivity index (χ0v) is 24.2. The van der Waals surface area contributed by atoms with Gasteiger partial charge in [-0.3, -0.25) is 9.59 Å². The van der Waals surface area contributed by atoms with Crippen LogP contribution in [0.2, 0.25) is 0 Å². The van der Waals surface area contributed by atoms with Crippen LogP contribution < -0.4 is 25.5 Å². The van der Waals surface area contributed by atoms with E-state index in [1.807, 2.05) is 55.4 Å². The highest BCUT2D eigenvalue weighted by molar-refractivity contribution is 6.03. The second-order valence-electron chi connectivity index (χ2n) is 10.2. The fourth-order valence-corrected chi connectivity index (χ4v) is 5.61. The Morgan fingerprint density at radius 2 is 1.62 bits per heavy atom. The molecule has 3 heterocycles. The number of amides is 1. The van der Waals surface area contributed by atoms with E-state index in [1.165, 1.54) is 0 Å². The number of nitrogens with one attached hydrogen (secondary N) is 1. The van der Waals surface area contributed by atoms with Crippen molar-refractivity contribution in [3.05, 3.63) is 105 Å². The summed E-state index contributed by atoms with van der Waals surface area (Å²) in [6.45, 7) is 5.82. The van der Waals surface area contributed by atoms with Gasteiger partial charge in [0.15, 0.2) is 0 Å². The van der Waals surface area contributed by atoms with Gasteiger partial charge in [0.2, 0.25) is 0 Å². The number of aliphatic hydroxyl groups is 1. The summed E-state index contributed by atoms with van der Waals surface area (Å²) in [5, 5.41) is 10.9. The SMILES string of the molecule is CCN(CC)c1ccc2cc(C3=CC4(NC(=O)c5ccc(C=O)cc54)c4ccc(N(C)C)cc4O3)c(=O)oc2c1.CO. The Bertz CT molecular complexity index is 1790. The number of benzene rings is 3. The molecule has 1 spiro atoms. The lowest BCUT2D eigenvalue weighted by Crippen LogP contribution is -2.41. The van der Waals surface area contributed by atoms with Crippen molar-refractivity contribution >= 4 is 40.3 Å². The van der Waals surface area contributed by atoms with Gasteiger partial charge in [-0.05, 0) is 61.9 Å². The lowest BCUT2D eigenvalue weighted by Gasteiger charge is -2.35. The molecule has 9 nitrogen and oxygen atoms in total. The average molecular weight is 568 g/mol. The molecule has 6 rings (SSSR count). The van der Waals surface area contributed by atoms with Crippen LogP contribution in [-0.2, 0) is 5.54 Å². The number of fused-ring (bicyclic) bond motifs is 5. The molecule has 1 aromatic heterocycles. The number of hydrogen-bond acceptors (Lipinski definition) is 8. The fraction of sp³-hybridized carbons (Fsp3) is 0.242. The van der Waals surface area contributed by atoms with Crippen LogP contribution in [-0.4, -0.2) is 51.6 Å². The van der Waals surface area contributed by atoms with E-state index in [-0.39, 0.29) is 17.2 Å². The molecule has 4 aromatic rings. The molecule has 2 aliphatic rings. The molecule has 0 radical (unpaired) electrons. The van der Waals surface area contributed by atoms with Crippen LogP contribution in [0.15, 0.2) is 76.0 Å². The molecule has 3 aromatic carbocycles. The largest absolute Gasteiger partial charge is 0.456 e. The predicted molar refractivity (Wildman–Crippen MR) is 164 cm³/mol. The molecule has 9 heteroatoms.